The van der Waals surface area contributed by atoms with Crippen molar-refractivity contribution in [3.05, 3.63) is 35.1 Å². The average molecular weight is 385 g/mol. The maximum Gasteiger partial charge on any atom is 0.223 e. The van der Waals surface area contributed by atoms with Crippen LogP contribution >= 0.6 is 11.6 Å². The number of pyridine rings is 1. The summed E-state index contributed by atoms with van der Waals surface area (Å²) < 4.78 is 0. The highest BCUT2D eigenvalue weighted by molar-refractivity contribution is 6.32. The summed E-state index contributed by atoms with van der Waals surface area (Å²) in [4.78, 5) is 19.4. The molecule has 4 aliphatic rings. The maximum atomic E-state index is 12.8. The zero-order chi connectivity index (χ0) is 18.8. The van der Waals surface area contributed by atoms with E-state index < -0.39 is 0 Å². The minimum Gasteiger partial charge on any atom is -0.337 e. The van der Waals surface area contributed by atoms with Gasteiger partial charge in [-0.1, -0.05) is 24.6 Å². The Morgan fingerprint density at radius 3 is 2.89 bits per heavy atom. The van der Waals surface area contributed by atoms with Gasteiger partial charge in [0.2, 0.25) is 5.91 Å². The van der Waals surface area contributed by atoms with E-state index in [0.29, 0.717) is 23.7 Å². The van der Waals surface area contributed by atoms with Gasteiger partial charge in [-0.3, -0.25) is 9.78 Å². The monoisotopic (exact) mass is 384 g/mol. The number of carbonyl (C=O) groups is 1. The van der Waals surface area contributed by atoms with Crippen LogP contribution < -0.4 is 0 Å². The maximum absolute atomic E-state index is 12.8. The Morgan fingerprint density at radius 1 is 1.22 bits per heavy atom. The van der Waals surface area contributed by atoms with Gasteiger partial charge in [-0.2, -0.15) is 0 Å². The molecule has 2 aliphatic heterocycles. The summed E-state index contributed by atoms with van der Waals surface area (Å²) in [6, 6.07) is 1.90. The molecule has 0 aromatic carbocycles. The van der Waals surface area contributed by atoms with Gasteiger partial charge in [0.25, 0.3) is 0 Å². The first kappa shape index (κ1) is 17.7. The molecule has 0 bridgehead atoms. The third-order valence-corrected chi connectivity index (χ3v) is 8.88. The van der Waals surface area contributed by atoms with Crippen molar-refractivity contribution >= 4 is 23.1 Å². The summed E-state index contributed by atoms with van der Waals surface area (Å²) >= 11 is 6.54. The Balaban J connectivity index is 1.52. The van der Waals surface area contributed by atoms with Crippen LogP contribution in [0.5, 0.6) is 0 Å². The second-order valence-corrected chi connectivity index (χ2v) is 9.99. The van der Waals surface area contributed by atoms with Gasteiger partial charge in [0.15, 0.2) is 0 Å². The molecule has 27 heavy (non-hydrogen) atoms. The Kier molecular flexibility index (Phi) is 3.99. The summed E-state index contributed by atoms with van der Waals surface area (Å²) in [5, 5.41) is 0.810. The van der Waals surface area contributed by atoms with Crippen molar-refractivity contribution in [1.29, 1.82) is 0 Å². The molecule has 0 radical (unpaired) electrons. The van der Waals surface area contributed by atoms with Crippen LogP contribution in [-0.2, 0) is 4.79 Å². The number of fused-ring (bicyclic) bond motifs is 5. The van der Waals surface area contributed by atoms with E-state index in [1.54, 1.807) is 6.20 Å². The van der Waals surface area contributed by atoms with Gasteiger partial charge < -0.3 is 4.90 Å². The van der Waals surface area contributed by atoms with E-state index in [1.807, 2.05) is 12.3 Å². The standard InChI is InChI=1S/C23H29ClN2O/c1-22-11-8-19-15(4-7-21(27)26-13-3-10-23(19,26)2)17(22)5-6-18(22)16-14-25-12-9-20(16)24/h6,9,12,14-15,17,19H,3-5,7-8,10-11,13H2,1-2H3. The lowest BCUT2D eigenvalue weighted by Gasteiger charge is -2.53. The second kappa shape index (κ2) is 6.07. The fourth-order valence-corrected chi connectivity index (χ4v) is 7.44. The molecule has 5 rings (SSSR count). The molecule has 1 saturated carbocycles. The van der Waals surface area contributed by atoms with Gasteiger partial charge in [0.05, 0.1) is 5.02 Å². The fourth-order valence-electron chi connectivity index (χ4n) is 7.23. The van der Waals surface area contributed by atoms with Crippen molar-refractivity contribution in [2.75, 3.05) is 6.54 Å². The molecule has 0 N–H and O–H groups in total. The van der Waals surface area contributed by atoms with Crippen LogP contribution in [0, 0.1) is 23.2 Å². The van der Waals surface area contributed by atoms with E-state index in [9.17, 15) is 4.79 Å². The van der Waals surface area contributed by atoms with Crippen molar-refractivity contribution < 1.29 is 4.79 Å². The molecule has 2 aliphatic carbocycles. The van der Waals surface area contributed by atoms with E-state index in [0.717, 1.165) is 36.4 Å². The quantitative estimate of drug-likeness (QED) is 0.654. The molecule has 2 saturated heterocycles. The van der Waals surface area contributed by atoms with Gasteiger partial charge in [-0.25, -0.2) is 0 Å². The number of allylic oxidation sites excluding steroid dienone is 2. The molecule has 3 heterocycles. The van der Waals surface area contributed by atoms with Crippen molar-refractivity contribution in [3.8, 4) is 0 Å². The van der Waals surface area contributed by atoms with Crippen LogP contribution in [0.2, 0.25) is 5.02 Å². The van der Waals surface area contributed by atoms with Crippen LogP contribution in [0.1, 0.15) is 64.4 Å². The minimum absolute atomic E-state index is 0.0777. The Bertz CT molecular complexity index is 820. The third kappa shape index (κ3) is 2.40. The number of hydrogen-bond acceptors (Lipinski definition) is 2. The van der Waals surface area contributed by atoms with Crippen molar-refractivity contribution in [2.24, 2.45) is 23.2 Å². The van der Waals surface area contributed by atoms with Crippen LogP contribution in [-0.4, -0.2) is 27.9 Å². The molecular weight excluding hydrogens is 356 g/mol. The molecule has 3 fully saturated rings. The Morgan fingerprint density at radius 2 is 2.07 bits per heavy atom. The number of rotatable bonds is 1. The summed E-state index contributed by atoms with van der Waals surface area (Å²) in [7, 11) is 0. The summed E-state index contributed by atoms with van der Waals surface area (Å²) in [5.74, 6) is 2.28. The minimum atomic E-state index is 0.0777. The van der Waals surface area contributed by atoms with Crippen molar-refractivity contribution in [2.45, 2.75) is 64.3 Å². The van der Waals surface area contributed by atoms with Crippen LogP contribution in [0.15, 0.2) is 24.5 Å². The number of amides is 1. The lowest BCUT2D eigenvalue weighted by Crippen LogP contribution is -2.53. The first-order valence-electron chi connectivity index (χ1n) is 10.6. The van der Waals surface area contributed by atoms with E-state index in [1.165, 1.54) is 31.3 Å². The van der Waals surface area contributed by atoms with Crippen molar-refractivity contribution in [3.63, 3.8) is 0 Å². The van der Waals surface area contributed by atoms with E-state index >= 15 is 0 Å². The molecule has 4 heteroatoms. The largest absolute Gasteiger partial charge is 0.337 e. The van der Waals surface area contributed by atoms with Crippen LogP contribution in [0.3, 0.4) is 0 Å². The van der Waals surface area contributed by atoms with Gasteiger partial charge in [0.1, 0.15) is 0 Å². The van der Waals surface area contributed by atoms with Crippen molar-refractivity contribution in [1.82, 2.24) is 9.88 Å². The Labute approximate surface area is 167 Å². The zero-order valence-corrected chi connectivity index (χ0v) is 17.1. The smallest absolute Gasteiger partial charge is 0.223 e. The zero-order valence-electron chi connectivity index (χ0n) is 16.4. The summed E-state index contributed by atoms with van der Waals surface area (Å²) in [5.41, 5.74) is 2.74. The lowest BCUT2D eigenvalue weighted by molar-refractivity contribution is -0.135. The predicted octanol–water partition coefficient (Wildman–Crippen LogP) is 5.35. The van der Waals surface area contributed by atoms with Gasteiger partial charge in [-0.15, -0.1) is 0 Å². The van der Waals surface area contributed by atoms with Gasteiger partial charge in [0, 0.05) is 36.5 Å². The summed E-state index contributed by atoms with van der Waals surface area (Å²) in [6.45, 7) is 5.79. The van der Waals surface area contributed by atoms with Gasteiger partial charge >= 0.3 is 0 Å². The molecule has 1 aromatic rings. The molecular formula is C23H29ClN2O. The molecule has 144 valence electrons. The third-order valence-electron chi connectivity index (χ3n) is 8.55. The van der Waals surface area contributed by atoms with E-state index in [2.05, 4.69) is 29.8 Å². The number of hydrogen-bond donors (Lipinski definition) is 0. The van der Waals surface area contributed by atoms with Crippen LogP contribution in [0.4, 0.5) is 0 Å². The highest BCUT2D eigenvalue weighted by atomic mass is 35.5. The second-order valence-electron chi connectivity index (χ2n) is 9.59. The Hall–Kier alpha value is -1.35. The molecule has 0 spiro atoms. The van der Waals surface area contributed by atoms with Gasteiger partial charge in [-0.05, 0) is 80.3 Å². The first-order valence-corrected chi connectivity index (χ1v) is 10.9. The average Bonchev–Trinajstić information content (AvgIpc) is 3.18. The first-order chi connectivity index (χ1) is 12.9. The number of nitrogens with zero attached hydrogens (tertiary/aromatic N) is 2. The topological polar surface area (TPSA) is 33.2 Å². The number of aromatic nitrogens is 1. The fraction of sp³-hybridized carbons (Fsp3) is 0.652. The molecule has 5 atom stereocenters. The number of halogens is 1. The normalized spacial score (nSPS) is 40.9. The SMILES string of the molecule is CC12CCC3C(CCC(=O)N4CCCC34C)C1CC=C2c1cnccc1Cl. The summed E-state index contributed by atoms with van der Waals surface area (Å²) in [6.07, 6.45) is 13.8. The lowest BCUT2D eigenvalue weighted by atomic mass is 9.54. The molecule has 1 amide bonds. The predicted molar refractivity (Wildman–Crippen MR) is 108 cm³/mol. The number of carbonyl (C=O) groups excluding carboxylic acids is 1. The molecule has 3 nitrogen and oxygen atoms in total. The van der Waals surface area contributed by atoms with E-state index in [4.69, 9.17) is 11.6 Å². The highest BCUT2D eigenvalue weighted by Crippen LogP contribution is 2.63. The molecule has 5 unspecified atom stereocenters. The van der Waals surface area contributed by atoms with Crippen LogP contribution in [0.25, 0.3) is 5.57 Å². The van der Waals surface area contributed by atoms with E-state index in [-0.39, 0.29) is 11.0 Å². The highest BCUT2D eigenvalue weighted by Gasteiger charge is 2.58. The molecule has 1 aromatic heterocycles.